The maximum absolute atomic E-state index is 9.24. The average molecular weight is 257 g/mol. The molecule has 0 bridgehead atoms. The van der Waals surface area contributed by atoms with Gasteiger partial charge in [0.25, 0.3) is 0 Å². The molecule has 0 saturated carbocycles. The quantitative estimate of drug-likeness (QED) is 0.864. The van der Waals surface area contributed by atoms with Gasteiger partial charge in [0.05, 0.1) is 0 Å². The predicted molar refractivity (Wildman–Crippen MR) is 76.4 cm³/mol. The van der Waals surface area contributed by atoms with Crippen molar-refractivity contribution in [1.29, 1.82) is 0 Å². The van der Waals surface area contributed by atoms with Crippen LogP contribution in [-0.2, 0) is 6.61 Å². The van der Waals surface area contributed by atoms with Crippen molar-refractivity contribution < 1.29 is 9.84 Å². The third-order valence-electron chi connectivity index (χ3n) is 3.15. The lowest BCUT2D eigenvalue weighted by atomic mass is 10.1. The number of phenolic OH excluding ortho intramolecular Hbond substituents is 1. The summed E-state index contributed by atoms with van der Waals surface area (Å²) in [6, 6.07) is 15.3. The molecule has 0 amide bonds. The van der Waals surface area contributed by atoms with Gasteiger partial charge >= 0.3 is 0 Å². The molecule has 0 radical (unpaired) electrons. The number of rotatable bonds is 5. The third-order valence-corrected chi connectivity index (χ3v) is 3.15. The SMILES string of the molecule is CNC(C)c1ccccc1OCc1ccc(O)cc1. The van der Waals surface area contributed by atoms with E-state index in [0.29, 0.717) is 6.61 Å². The highest BCUT2D eigenvalue weighted by atomic mass is 16.5. The molecule has 1 unspecified atom stereocenters. The maximum Gasteiger partial charge on any atom is 0.124 e. The Morgan fingerprint density at radius 1 is 1.11 bits per heavy atom. The second-order valence-electron chi connectivity index (χ2n) is 4.50. The summed E-state index contributed by atoms with van der Waals surface area (Å²) in [7, 11) is 1.93. The minimum Gasteiger partial charge on any atom is -0.508 e. The first-order valence-electron chi connectivity index (χ1n) is 6.37. The molecule has 0 saturated heterocycles. The zero-order chi connectivity index (χ0) is 13.7. The Kier molecular flexibility index (Phi) is 4.42. The summed E-state index contributed by atoms with van der Waals surface area (Å²) in [5, 5.41) is 12.5. The fourth-order valence-electron chi connectivity index (χ4n) is 1.88. The van der Waals surface area contributed by atoms with E-state index in [9.17, 15) is 5.11 Å². The Balaban J connectivity index is 2.09. The van der Waals surface area contributed by atoms with E-state index in [2.05, 4.69) is 18.3 Å². The van der Waals surface area contributed by atoms with Crippen LogP contribution in [0.5, 0.6) is 11.5 Å². The van der Waals surface area contributed by atoms with E-state index in [4.69, 9.17) is 4.74 Å². The zero-order valence-corrected chi connectivity index (χ0v) is 11.3. The minimum absolute atomic E-state index is 0.246. The van der Waals surface area contributed by atoms with E-state index < -0.39 is 0 Å². The van der Waals surface area contributed by atoms with Gasteiger partial charge in [-0.2, -0.15) is 0 Å². The lowest BCUT2D eigenvalue weighted by molar-refractivity contribution is 0.300. The van der Waals surface area contributed by atoms with Gasteiger partial charge in [-0.05, 0) is 37.7 Å². The Morgan fingerprint density at radius 3 is 2.47 bits per heavy atom. The second kappa shape index (κ2) is 6.25. The van der Waals surface area contributed by atoms with Gasteiger partial charge in [0.1, 0.15) is 18.1 Å². The number of hydrogen-bond donors (Lipinski definition) is 2. The number of ether oxygens (including phenoxy) is 1. The summed E-state index contributed by atoms with van der Waals surface area (Å²) in [6.07, 6.45) is 0. The molecule has 2 aromatic rings. The van der Waals surface area contributed by atoms with Gasteiger partial charge in [-0.1, -0.05) is 30.3 Å². The highest BCUT2D eigenvalue weighted by molar-refractivity contribution is 5.36. The molecule has 2 aromatic carbocycles. The van der Waals surface area contributed by atoms with Crippen LogP contribution in [-0.4, -0.2) is 12.2 Å². The van der Waals surface area contributed by atoms with Crippen molar-refractivity contribution in [3.8, 4) is 11.5 Å². The van der Waals surface area contributed by atoms with Gasteiger partial charge in [-0.15, -0.1) is 0 Å². The van der Waals surface area contributed by atoms with Crippen LogP contribution in [0.2, 0.25) is 0 Å². The van der Waals surface area contributed by atoms with Crippen molar-refractivity contribution in [1.82, 2.24) is 5.32 Å². The normalized spacial score (nSPS) is 12.1. The predicted octanol–water partition coefficient (Wildman–Crippen LogP) is 3.25. The average Bonchev–Trinajstić information content (AvgIpc) is 2.46. The van der Waals surface area contributed by atoms with Crippen molar-refractivity contribution in [3.63, 3.8) is 0 Å². The van der Waals surface area contributed by atoms with Gasteiger partial charge in [-0.3, -0.25) is 0 Å². The number of benzene rings is 2. The van der Waals surface area contributed by atoms with E-state index in [-0.39, 0.29) is 11.8 Å². The zero-order valence-electron chi connectivity index (χ0n) is 11.3. The molecule has 0 spiro atoms. The van der Waals surface area contributed by atoms with E-state index in [1.165, 1.54) is 0 Å². The topological polar surface area (TPSA) is 41.5 Å². The van der Waals surface area contributed by atoms with E-state index in [0.717, 1.165) is 16.9 Å². The van der Waals surface area contributed by atoms with E-state index >= 15 is 0 Å². The molecule has 19 heavy (non-hydrogen) atoms. The maximum atomic E-state index is 9.24. The summed E-state index contributed by atoms with van der Waals surface area (Å²) in [5.41, 5.74) is 2.17. The van der Waals surface area contributed by atoms with Crippen molar-refractivity contribution in [2.45, 2.75) is 19.6 Å². The fourth-order valence-corrected chi connectivity index (χ4v) is 1.88. The summed E-state index contributed by atoms with van der Waals surface area (Å²) in [5.74, 6) is 1.16. The minimum atomic E-state index is 0.246. The van der Waals surface area contributed by atoms with Crippen LogP contribution in [0.1, 0.15) is 24.1 Å². The Bertz CT molecular complexity index is 523. The molecule has 0 fully saturated rings. The number of aromatic hydroxyl groups is 1. The van der Waals surface area contributed by atoms with E-state index in [1.807, 2.05) is 37.4 Å². The van der Waals surface area contributed by atoms with Crippen molar-refractivity contribution in [3.05, 3.63) is 59.7 Å². The number of phenols is 1. The first-order valence-corrected chi connectivity index (χ1v) is 6.37. The molecular formula is C16H19NO2. The van der Waals surface area contributed by atoms with Crippen LogP contribution < -0.4 is 10.1 Å². The monoisotopic (exact) mass is 257 g/mol. The van der Waals surface area contributed by atoms with Gasteiger partial charge in [0, 0.05) is 11.6 Å². The Hall–Kier alpha value is -2.00. The molecule has 0 aliphatic heterocycles. The molecule has 100 valence electrons. The summed E-state index contributed by atoms with van der Waals surface area (Å²) >= 11 is 0. The lowest BCUT2D eigenvalue weighted by Crippen LogP contribution is -2.13. The van der Waals surface area contributed by atoms with Crippen molar-refractivity contribution >= 4 is 0 Å². The van der Waals surface area contributed by atoms with Crippen molar-refractivity contribution in [2.75, 3.05) is 7.05 Å². The highest BCUT2D eigenvalue weighted by Gasteiger charge is 2.09. The molecule has 2 rings (SSSR count). The number of hydrogen-bond acceptors (Lipinski definition) is 3. The van der Waals surface area contributed by atoms with Crippen LogP contribution in [0.4, 0.5) is 0 Å². The molecule has 0 aliphatic carbocycles. The molecule has 2 N–H and O–H groups in total. The third kappa shape index (κ3) is 3.48. The van der Waals surface area contributed by atoms with Crippen LogP contribution in [0, 0.1) is 0 Å². The molecule has 0 heterocycles. The van der Waals surface area contributed by atoms with Crippen LogP contribution in [0.15, 0.2) is 48.5 Å². The van der Waals surface area contributed by atoms with Crippen LogP contribution in [0.25, 0.3) is 0 Å². The number of nitrogens with one attached hydrogen (secondary N) is 1. The molecule has 1 atom stereocenters. The van der Waals surface area contributed by atoms with Gasteiger partial charge in [0.2, 0.25) is 0 Å². The van der Waals surface area contributed by atoms with Gasteiger partial charge < -0.3 is 15.2 Å². The smallest absolute Gasteiger partial charge is 0.124 e. The molecule has 3 heteroatoms. The first-order chi connectivity index (χ1) is 9.20. The van der Waals surface area contributed by atoms with Crippen LogP contribution >= 0.6 is 0 Å². The summed E-state index contributed by atoms with van der Waals surface area (Å²) < 4.78 is 5.86. The summed E-state index contributed by atoms with van der Waals surface area (Å²) in [6.45, 7) is 2.59. The van der Waals surface area contributed by atoms with Gasteiger partial charge in [0.15, 0.2) is 0 Å². The van der Waals surface area contributed by atoms with Gasteiger partial charge in [-0.25, -0.2) is 0 Å². The largest absolute Gasteiger partial charge is 0.508 e. The first kappa shape index (κ1) is 13.4. The van der Waals surface area contributed by atoms with E-state index in [1.54, 1.807) is 12.1 Å². The number of para-hydroxylation sites is 1. The second-order valence-corrected chi connectivity index (χ2v) is 4.50. The molecule has 0 aromatic heterocycles. The molecular weight excluding hydrogens is 238 g/mol. The Morgan fingerprint density at radius 2 is 1.79 bits per heavy atom. The van der Waals surface area contributed by atoms with Crippen molar-refractivity contribution in [2.24, 2.45) is 0 Å². The summed E-state index contributed by atoms with van der Waals surface area (Å²) in [4.78, 5) is 0. The Labute approximate surface area is 113 Å². The lowest BCUT2D eigenvalue weighted by Gasteiger charge is -2.16. The molecule has 3 nitrogen and oxygen atoms in total. The highest BCUT2D eigenvalue weighted by Crippen LogP contribution is 2.25. The standard InChI is InChI=1S/C16H19NO2/c1-12(17-2)15-5-3-4-6-16(15)19-11-13-7-9-14(18)10-8-13/h3-10,12,17-18H,11H2,1-2H3. The van der Waals surface area contributed by atoms with Crippen LogP contribution in [0.3, 0.4) is 0 Å². The fraction of sp³-hybridized carbons (Fsp3) is 0.250. The molecule has 0 aliphatic rings.